The van der Waals surface area contributed by atoms with Gasteiger partial charge in [0, 0.05) is 18.7 Å². The molecular formula is C16H21BrN2O4. The van der Waals surface area contributed by atoms with E-state index in [1.165, 1.54) is 7.11 Å². The molecule has 0 saturated heterocycles. The summed E-state index contributed by atoms with van der Waals surface area (Å²) in [6.07, 6.45) is 1.84. The number of nitrogens with one attached hydrogen (secondary N) is 2. The van der Waals surface area contributed by atoms with Crippen LogP contribution in [0.15, 0.2) is 24.3 Å². The van der Waals surface area contributed by atoms with Crippen LogP contribution in [-0.2, 0) is 14.3 Å². The Labute approximate surface area is 144 Å². The monoisotopic (exact) mass is 384 g/mol. The highest BCUT2D eigenvalue weighted by molar-refractivity contribution is 9.10. The van der Waals surface area contributed by atoms with E-state index in [-0.39, 0.29) is 29.6 Å². The zero-order valence-electron chi connectivity index (χ0n) is 13.2. The van der Waals surface area contributed by atoms with Gasteiger partial charge in [-0.05, 0) is 30.7 Å². The van der Waals surface area contributed by atoms with Gasteiger partial charge in [0.2, 0.25) is 11.8 Å². The van der Waals surface area contributed by atoms with Gasteiger partial charge in [-0.25, -0.2) is 4.79 Å². The van der Waals surface area contributed by atoms with E-state index in [0.717, 1.165) is 12.8 Å². The van der Waals surface area contributed by atoms with Gasteiger partial charge in [-0.1, -0.05) is 29.3 Å². The lowest BCUT2D eigenvalue weighted by Crippen LogP contribution is -2.33. The molecule has 23 heavy (non-hydrogen) atoms. The maximum absolute atomic E-state index is 11.8. The third-order valence-corrected chi connectivity index (χ3v) is 3.94. The van der Waals surface area contributed by atoms with Crippen molar-refractivity contribution in [2.45, 2.75) is 31.0 Å². The van der Waals surface area contributed by atoms with E-state index in [1.54, 1.807) is 24.3 Å². The van der Waals surface area contributed by atoms with Crippen molar-refractivity contribution in [3.63, 3.8) is 0 Å². The number of hydrogen-bond acceptors (Lipinski definition) is 4. The molecule has 0 radical (unpaired) electrons. The fourth-order valence-corrected chi connectivity index (χ4v) is 2.45. The highest BCUT2D eigenvalue weighted by Crippen LogP contribution is 2.11. The van der Waals surface area contributed by atoms with Gasteiger partial charge in [-0.15, -0.1) is 0 Å². The Morgan fingerprint density at radius 3 is 2.43 bits per heavy atom. The zero-order valence-corrected chi connectivity index (χ0v) is 14.8. The van der Waals surface area contributed by atoms with Crippen LogP contribution in [0, 0.1) is 0 Å². The maximum Gasteiger partial charge on any atom is 0.337 e. The van der Waals surface area contributed by atoms with Crippen molar-refractivity contribution in [1.29, 1.82) is 0 Å². The summed E-state index contributed by atoms with van der Waals surface area (Å²) in [6, 6.07) is 6.39. The van der Waals surface area contributed by atoms with Gasteiger partial charge in [0.15, 0.2) is 0 Å². The lowest BCUT2D eigenvalue weighted by Gasteiger charge is -2.10. The van der Waals surface area contributed by atoms with Crippen molar-refractivity contribution in [1.82, 2.24) is 5.32 Å². The summed E-state index contributed by atoms with van der Waals surface area (Å²) in [5.41, 5.74) is 0.996. The molecule has 0 aliphatic heterocycles. The zero-order chi connectivity index (χ0) is 17.2. The molecule has 0 spiro atoms. The first-order valence-corrected chi connectivity index (χ1v) is 8.29. The molecule has 1 rings (SSSR count). The van der Waals surface area contributed by atoms with Crippen molar-refractivity contribution in [3.05, 3.63) is 29.8 Å². The molecule has 0 unspecified atom stereocenters. The molecular weight excluding hydrogens is 364 g/mol. The lowest BCUT2D eigenvalue weighted by atomic mass is 10.2. The standard InChI is InChI=1S/C16H21BrN2O4/c1-3-4-13(17)15(21)18-10-9-14(20)19-12-7-5-11(6-8-12)16(22)23-2/h5-8,13H,3-4,9-10H2,1-2H3,(H,18,21)(H,19,20)/t13-/m0/s1. The molecule has 0 aromatic heterocycles. The largest absolute Gasteiger partial charge is 0.465 e. The minimum atomic E-state index is -0.429. The van der Waals surface area contributed by atoms with Crippen LogP contribution in [-0.4, -0.2) is 36.3 Å². The van der Waals surface area contributed by atoms with Crippen LogP contribution in [0.4, 0.5) is 5.69 Å². The Hall–Kier alpha value is -1.89. The third kappa shape index (κ3) is 6.81. The first kappa shape index (κ1) is 19.2. The SMILES string of the molecule is CCC[C@H](Br)C(=O)NCCC(=O)Nc1ccc(C(=O)OC)cc1. The van der Waals surface area contributed by atoms with Crippen LogP contribution in [0.25, 0.3) is 0 Å². The molecule has 0 heterocycles. The maximum atomic E-state index is 11.8. The summed E-state index contributed by atoms with van der Waals surface area (Å²) < 4.78 is 4.60. The summed E-state index contributed by atoms with van der Waals surface area (Å²) in [7, 11) is 1.31. The van der Waals surface area contributed by atoms with Crippen molar-refractivity contribution in [2.75, 3.05) is 19.0 Å². The average Bonchev–Trinajstić information content (AvgIpc) is 2.54. The molecule has 2 amide bonds. The van der Waals surface area contributed by atoms with Crippen LogP contribution in [0.2, 0.25) is 0 Å². The first-order chi connectivity index (χ1) is 11.0. The van der Waals surface area contributed by atoms with Crippen LogP contribution < -0.4 is 10.6 Å². The van der Waals surface area contributed by atoms with Crippen molar-refractivity contribution in [2.24, 2.45) is 0 Å². The molecule has 0 saturated carbocycles. The van der Waals surface area contributed by atoms with E-state index < -0.39 is 5.97 Å². The van der Waals surface area contributed by atoms with Gasteiger partial charge in [0.25, 0.3) is 0 Å². The van der Waals surface area contributed by atoms with Gasteiger partial charge in [0.1, 0.15) is 0 Å². The van der Waals surface area contributed by atoms with Crippen LogP contribution in [0.3, 0.4) is 0 Å². The van der Waals surface area contributed by atoms with E-state index in [2.05, 4.69) is 31.3 Å². The quantitative estimate of drug-likeness (QED) is 0.532. The normalized spacial score (nSPS) is 11.4. The molecule has 0 aliphatic rings. The summed E-state index contributed by atoms with van der Waals surface area (Å²) in [4.78, 5) is 34.5. The molecule has 0 bridgehead atoms. The number of anilines is 1. The number of carbonyl (C=O) groups is 3. The van der Waals surface area contributed by atoms with Crippen LogP contribution in [0.5, 0.6) is 0 Å². The second-order valence-electron chi connectivity index (χ2n) is 4.91. The number of ether oxygens (including phenoxy) is 1. The number of rotatable bonds is 8. The number of amides is 2. The predicted octanol–water partition coefficient (Wildman–Crippen LogP) is 2.48. The molecule has 2 N–H and O–H groups in total. The number of benzene rings is 1. The number of halogens is 1. The number of alkyl halides is 1. The smallest absolute Gasteiger partial charge is 0.337 e. The van der Waals surface area contributed by atoms with Crippen molar-refractivity contribution < 1.29 is 19.1 Å². The van der Waals surface area contributed by atoms with Gasteiger partial charge in [0.05, 0.1) is 17.5 Å². The minimum absolute atomic E-state index is 0.109. The highest BCUT2D eigenvalue weighted by atomic mass is 79.9. The van der Waals surface area contributed by atoms with E-state index in [4.69, 9.17) is 0 Å². The molecule has 1 aromatic rings. The van der Waals surface area contributed by atoms with Crippen LogP contribution >= 0.6 is 15.9 Å². The van der Waals surface area contributed by atoms with E-state index >= 15 is 0 Å². The second-order valence-corrected chi connectivity index (χ2v) is 6.02. The summed E-state index contributed by atoms with van der Waals surface area (Å²) in [5.74, 6) is -0.748. The van der Waals surface area contributed by atoms with E-state index in [0.29, 0.717) is 11.3 Å². The Morgan fingerprint density at radius 2 is 1.87 bits per heavy atom. The third-order valence-electron chi connectivity index (χ3n) is 3.07. The molecule has 126 valence electrons. The Kier molecular flexibility index (Phi) is 8.32. The van der Waals surface area contributed by atoms with E-state index in [9.17, 15) is 14.4 Å². The topological polar surface area (TPSA) is 84.5 Å². The Balaban J connectivity index is 2.36. The lowest BCUT2D eigenvalue weighted by molar-refractivity contribution is -0.120. The minimum Gasteiger partial charge on any atom is -0.465 e. The summed E-state index contributed by atoms with van der Waals surface area (Å²) in [6.45, 7) is 2.27. The number of methoxy groups -OCH3 is 1. The molecule has 0 fully saturated rings. The van der Waals surface area contributed by atoms with Gasteiger partial charge in [-0.2, -0.15) is 0 Å². The van der Waals surface area contributed by atoms with Gasteiger partial charge < -0.3 is 15.4 Å². The fourth-order valence-electron chi connectivity index (χ4n) is 1.83. The van der Waals surface area contributed by atoms with Crippen molar-refractivity contribution in [3.8, 4) is 0 Å². The molecule has 1 atom stereocenters. The fraction of sp³-hybridized carbons (Fsp3) is 0.438. The van der Waals surface area contributed by atoms with E-state index in [1.807, 2.05) is 6.92 Å². The van der Waals surface area contributed by atoms with Gasteiger partial charge in [-0.3, -0.25) is 9.59 Å². The highest BCUT2D eigenvalue weighted by Gasteiger charge is 2.13. The molecule has 1 aromatic carbocycles. The first-order valence-electron chi connectivity index (χ1n) is 7.38. The molecule has 0 aliphatic carbocycles. The van der Waals surface area contributed by atoms with Gasteiger partial charge >= 0.3 is 5.97 Å². The second kappa shape index (κ2) is 9.99. The molecule has 6 nitrogen and oxygen atoms in total. The number of carbonyl (C=O) groups excluding carboxylic acids is 3. The number of hydrogen-bond donors (Lipinski definition) is 2. The Morgan fingerprint density at radius 1 is 1.22 bits per heavy atom. The van der Waals surface area contributed by atoms with Crippen molar-refractivity contribution >= 4 is 39.4 Å². The Bertz CT molecular complexity index is 546. The summed E-state index contributed by atoms with van der Waals surface area (Å²) in [5, 5.41) is 5.41. The molecule has 7 heteroatoms. The summed E-state index contributed by atoms with van der Waals surface area (Å²) >= 11 is 3.30. The van der Waals surface area contributed by atoms with Crippen LogP contribution in [0.1, 0.15) is 36.5 Å². The number of esters is 1. The average molecular weight is 385 g/mol. The predicted molar refractivity (Wildman–Crippen MR) is 91.7 cm³/mol.